The van der Waals surface area contributed by atoms with Crippen LogP contribution in [0, 0.1) is 0 Å². The van der Waals surface area contributed by atoms with Gasteiger partial charge in [-0.15, -0.1) is 0 Å². The summed E-state index contributed by atoms with van der Waals surface area (Å²) in [4.78, 5) is 11.3. The molecule has 0 aliphatic carbocycles. The lowest BCUT2D eigenvalue weighted by molar-refractivity contribution is 0.0957. The molecule has 0 unspecified atom stereocenters. The Labute approximate surface area is 88.8 Å². The summed E-state index contributed by atoms with van der Waals surface area (Å²) in [6.45, 7) is 2.02. The van der Waals surface area contributed by atoms with Crippen molar-refractivity contribution in [2.45, 2.75) is 18.9 Å². The predicted molar refractivity (Wildman–Crippen MR) is 56.8 cm³/mol. The Kier molecular flexibility index (Phi) is 3.01. The van der Waals surface area contributed by atoms with Crippen molar-refractivity contribution in [3.8, 4) is 0 Å². The standard InChI is InChI=1S/C10H16N4O/c1-11-10(15)9-4-6-14(13-9)8-3-2-5-12-7-8/h4,6,8,12H,2-3,5,7H2,1H3,(H,11,15)/t8-/m1/s1. The van der Waals surface area contributed by atoms with E-state index in [0.29, 0.717) is 11.7 Å². The Morgan fingerprint density at radius 1 is 1.73 bits per heavy atom. The number of hydrogen-bond acceptors (Lipinski definition) is 3. The minimum Gasteiger partial charge on any atom is -0.354 e. The number of carbonyl (C=O) groups excluding carboxylic acids is 1. The Morgan fingerprint density at radius 3 is 3.27 bits per heavy atom. The van der Waals surface area contributed by atoms with E-state index < -0.39 is 0 Å². The Morgan fingerprint density at radius 2 is 2.60 bits per heavy atom. The fourth-order valence-electron chi connectivity index (χ4n) is 1.85. The van der Waals surface area contributed by atoms with Gasteiger partial charge < -0.3 is 10.6 Å². The fourth-order valence-corrected chi connectivity index (χ4v) is 1.85. The maximum Gasteiger partial charge on any atom is 0.271 e. The van der Waals surface area contributed by atoms with Gasteiger partial charge in [-0.25, -0.2) is 0 Å². The molecule has 1 fully saturated rings. The third-order valence-corrected chi connectivity index (χ3v) is 2.71. The normalized spacial score (nSPS) is 21.3. The number of carbonyl (C=O) groups is 1. The molecule has 0 radical (unpaired) electrons. The first kappa shape index (κ1) is 10.2. The van der Waals surface area contributed by atoms with E-state index in [1.54, 1.807) is 13.1 Å². The first-order valence-corrected chi connectivity index (χ1v) is 5.29. The van der Waals surface area contributed by atoms with Crippen LogP contribution >= 0.6 is 0 Å². The molecule has 2 heterocycles. The molecule has 1 saturated heterocycles. The smallest absolute Gasteiger partial charge is 0.271 e. The highest BCUT2D eigenvalue weighted by Gasteiger charge is 2.16. The van der Waals surface area contributed by atoms with Gasteiger partial charge in [-0.2, -0.15) is 5.10 Å². The Bertz CT molecular complexity index is 341. The Hall–Kier alpha value is -1.36. The van der Waals surface area contributed by atoms with Gasteiger partial charge in [-0.3, -0.25) is 9.48 Å². The number of rotatable bonds is 2. The molecule has 0 aromatic carbocycles. The van der Waals surface area contributed by atoms with Crippen molar-refractivity contribution in [1.29, 1.82) is 0 Å². The van der Waals surface area contributed by atoms with Gasteiger partial charge >= 0.3 is 0 Å². The van der Waals surface area contributed by atoms with Crippen molar-refractivity contribution in [1.82, 2.24) is 20.4 Å². The van der Waals surface area contributed by atoms with Crippen LogP contribution in [0.5, 0.6) is 0 Å². The van der Waals surface area contributed by atoms with Crippen LogP contribution in [0.2, 0.25) is 0 Å². The molecule has 15 heavy (non-hydrogen) atoms. The molecule has 82 valence electrons. The van der Waals surface area contributed by atoms with Crippen LogP contribution in [-0.4, -0.2) is 35.8 Å². The summed E-state index contributed by atoms with van der Waals surface area (Å²) in [6, 6.07) is 2.14. The summed E-state index contributed by atoms with van der Waals surface area (Å²) in [5, 5.41) is 10.2. The highest BCUT2D eigenvalue weighted by atomic mass is 16.1. The molecule has 1 amide bonds. The number of hydrogen-bond donors (Lipinski definition) is 2. The maximum absolute atomic E-state index is 11.3. The molecule has 1 aliphatic rings. The van der Waals surface area contributed by atoms with Crippen molar-refractivity contribution in [3.05, 3.63) is 18.0 Å². The fraction of sp³-hybridized carbons (Fsp3) is 0.600. The molecule has 5 nitrogen and oxygen atoms in total. The second-order valence-corrected chi connectivity index (χ2v) is 3.76. The largest absolute Gasteiger partial charge is 0.354 e. The lowest BCUT2D eigenvalue weighted by Crippen LogP contribution is -2.32. The highest BCUT2D eigenvalue weighted by molar-refractivity contribution is 5.91. The maximum atomic E-state index is 11.3. The molecule has 5 heteroatoms. The van der Waals surface area contributed by atoms with Crippen molar-refractivity contribution < 1.29 is 4.79 Å². The molecular weight excluding hydrogens is 192 g/mol. The zero-order valence-electron chi connectivity index (χ0n) is 8.86. The van der Waals surface area contributed by atoms with Crippen molar-refractivity contribution in [2.24, 2.45) is 0 Å². The van der Waals surface area contributed by atoms with Crippen molar-refractivity contribution in [3.63, 3.8) is 0 Å². The number of piperidine rings is 1. The van der Waals surface area contributed by atoms with E-state index in [2.05, 4.69) is 15.7 Å². The Balaban J connectivity index is 2.08. The molecule has 1 aromatic rings. The average Bonchev–Trinajstić information content (AvgIpc) is 2.78. The van der Waals surface area contributed by atoms with Crippen LogP contribution in [0.1, 0.15) is 29.4 Å². The third kappa shape index (κ3) is 2.18. The van der Waals surface area contributed by atoms with Crippen LogP contribution < -0.4 is 10.6 Å². The molecular formula is C10H16N4O. The summed E-state index contributed by atoms with van der Waals surface area (Å²) in [5.74, 6) is -0.127. The van der Waals surface area contributed by atoms with Crippen LogP contribution in [0.15, 0.2) is 12.3 Å². The van der Waals surface area contributed by atoms with E-state index in [1.165, 1.54) is 6.42 Å². The van der Waals surface area contributed by atoms with E-state index in [-0.39, 0.29) is 5.91 Å². The first-order chi connectivity index (χ1) is 7.31. The quantitative estimate of drug-likeness (QED) is 0.728. The topological polar surface area (TPSA) is 59.0 Å². The van der Waals surface area contributed by atoms with Crippen LogP contribution in [0.3, 0.4) is 0 Å². The number of nitrogens with one attached hydrogen (secondary N) is 2. The van der Waals surface area contributed by atoms with Gasteiger partial charge in [0.25, 0.3) is 5.91 Å². The van der Waals surface area contributed by atoms with E-state index in [1.807, 2.05) is 10.9 Å². The molecule has 2 N–H and O–H groups in total. The minimum absolute atomic E-state index is 0.127. The molecule has 0 bridgehead atoms. The van der Waals surface area contributed by atoms with Gasteiger partial charge in [-0.1, -0.05) is 0 Å². The number of amides is 1. The zero-order chi connectivity index (χ0) is 10.7. The molecule has 2 rings (SSSR count). The van der Waals surface area contributed by atoms with Crippen molar-refractivity contribution in [2.75, 3.05) is 20.1 Å². The molecule has 0 spiro atoms. The second kappa shape index (κ2) is 4.44. The van der Waals surface area contributed by atoms with Gasteiger partial charge in [0.05, 0.1) is 6.04 Å². The SMILES string of the molecule is CNC(=O)c1ccn([C@@H]2CCCNC2)n1. The minimum atomic E-state index is -0.127. The van der Waals surface area contributed by atoms with Crippen LogP contribution in [0.25, 0.3) is 0 Å². The van der Waals surface area contributed by atoms with Gasteiger partial charge in [0.2, 0.25) is 0 Å². The van der Waals surface area contributed by atoms with E-state index in [0.717, 1.165) is 19.5 Å². The van der Waals surface area contributed by atoms with Gasteiger partial charge in [0.15, 0.2) is 0 Å². The van der Waals surface area contributed by atoms with E-state index in [4.69, 9.17) is 0 Å². The summed E-state index contributed by atoms with van der Waals surface area (Å²) in [5.41, 5.74) is 0.489. The van der Waals surface area contributed by atoms with E-state index in [9.17, 15) is 4.79 Å². The van der Waals surface area contributed by atoms with Gasteiger partial charge in [-0.05, 0) is 25.5 Å². The monoisotopic (exact) mass is 208 g/mol. The molecule has 1 aromatic heterocycles. The molecule has 1 aliphatic heterocycles. The van der Waals surface area contributed by atoms with Gasteiger partial charge in [0.1, 0.15) is 5.69 Å². The lowest BCUT2D eigenvalue weighted by Gasteiger charge is -2.22. The number of aromatic nitrogens is 2. The second-order valence-electron chi connectivity index (χ2n) is 3.76. The molecule has 0 saturated carbocycles. The highest BCUT2D eigenvalue weighted by Crippen LogP contribution is 2.15. The summed E-state index contributed by atoms with van der Waals surface area (Å²) in [7, 11) is 1.61. The van der Waals surface area contributed by atoms with Crippen LogP contribution in [-0.2, 0) is 0 Å². The third-order valence-electron chi connectivity index (χ3n) is 2.71. The summed E-state index contributed by atoms with van der Waals surface area (Å²) >= 11 is 0. The average molecular weight is 208 g/mol. The predicted octanol–water partition coefficient (Wildman–Crippen LogP) is 0.167. The summed E-state index contributed by atoms with van der Waals surface area (Å²) in [6.07, 6.45) is 4.17. The molecule has 1 atom stereocenters. The summed E-state index contributed by atoms with van der Waals surface area (Å²) < 4.78 is 1.89. The van der Waals surface area contributed by atoms with E-state index >= 15 is 0 Å². The lowest BCUT2D eigenvalue weighted by atomic mass is 10.1. The van der Waals surface area contributed by atoms with Crippen molar-refractivity contribution >= 4 is 5.91 Å². The first-order valence-electron chi connectivity index (χ1n) is 5.29. The number of nitrogens with zero attached hydrogens (tertiary/aromatic N) is 2. The zero-order valence-corrected chi connectivity index (χ0v) is 8.86. The van der Waals surface area contributed by atoms with Gasteiger partial charge in [0, 0.05) is 19.8 Å². The van der Waals surface area contributed by atoms with Crippen LogP contribution in [0.4, 0.5) is 0 Å².